The minimum Gasteiger partial charge on any atom is -0.444 e. The molecule has 7 rings (SSSR count). The Kier molecular flexibility index (Phi) is 5.30. The van der Waals surface area contributed by atoms with Crippen LogP contribution in [0.1, 0.15) is 37.6 Å². The van der Waals surface area contributed by atoms with Gasteiger partial charge in [0.2, 0.25) is 0 Å². The number of cyclic esters (lactones) is 2. The lowest BCUT2D eigenvalue weighted by molar-refractivity contribution is -0.149. The van der Waals surface area contributed by atoms with E-state index in [0.717, 1.165) is 39.6 Å². The van der Waals surface area contributed by atoms with Gasteiger partial charge in [-0.15, -0.1) is 0 Å². The molecule has 1 amide bonds. The molecule has 0 aliphatic carbocycles. The van der Waals surface area contributed by atoms with Crippen molar-refractivity contribution in [2.24, 2.45) is 18.9 Å². The number of amides is 1. The van der Waals surface area contributed by atoms with Crippen molar-refractivity contribution < 1.29 is 23.9 Å². The molecule has 2 atom stereocenters. The lowest BCUT2D eigenvalue weighted by atomic mass is 9.85. The highest BCUT2D eigenvalue weighted by molar-refractivity contribution is 6.47. The van der Waals surface area contributed by atoms with E-state index in [0.29, 0.717) is 36.2 Å². The van der Waals surface area contributed by atoms with Crippen LogP contribution in [0.4, 0.5) is 4.79 Å². The standard InChI is InChI=1S/C32H31N3O5/c1-32(2,3)40-31(38)34-14-18-13-25-26(21-10-6-8-12-24(21)35(25)16-19(18)15-34)28-27(29(36)39-30(28)37)22-17-33(4)23-11-7-5-9-20(22)23/h5-12,17-19H,13-16H2,1-4H3/t18-,19+/m1/s1. The van der Waals surface area contributed by atoms with Gasteiger partial charge in [0.05, 0.1) is 11.1 Å². The van der Waals surface area contributed by atoms with Gasteiger partial charge in [-0.05, 0) is 51.2 Å². The average Bonchev–Trinajstić information content (AvgIpc) is 3.63. The molecular formula is C32H31N3O5. The Balaban J connectivity index is 1.38. The first-order valence-corrected chi connectivity index (χ1v) is 13.7. The van der Waals surface area contributed by atoms with Crippen molar-refractivity contribution in [1.29, 1.82) is 0 Å². The first kappa shape index (κ1) is 24.7. The Bertz CT molecular complexity index is 1780. The number of carbonyl (C=O) groups excluding carboxylic acids is 3. The topological polar surface area (TPSA) is 82.8 Å². The second-order valence-electron chi connectivity index (χ2n) is 12.2. The molecule has 8 nitrogen and oxygen atoms in total. The highest BCUT2D eigenvalue weighted by Gasteiger charge is 2.44. The van der Waals surface area contributed by atoms with Crippen LogP contribution in [0.2, 0.25) is 0 Å². The van der Waals surface area contributed by atoms with Crippen LogP contribution in [0, 0.1) is 11.8 Å². The fraction of sp³-hybridized carbons (Fsp3) is 0.344. The number of hydrogen-bond donors (Lipinski definition) is 0. The molecule has 204 valence electrons. The number of hydrogen-bond acceptors (Lipinski definition) is 5. The summed E-state index contributed by atoms with van der Waals surface area (Å²) in [5, 5.41) is 1.83. The second-order valence-corrected chi connectivity index (χ2v) is 12.2. The van der Waals surface area contributed by atoms with E-state index in [1.807, 2.05) is 85.9 Å². The summed E-state index contributed by atoms with van der Waals surface area (Å²) in [6, 6.07) is 15.9. The van der Waals surface area contributed by atoms with E-state index in [1.54, 1.807) is 0 Å². The van der Waals surface area contributed by atoms with Crippen molar-refractivity contribution >= 4 is 51.0 Å². The van der Waals surface area contributed by atoms with E-state index in [2.05, 4.69) is 10.6 Å². The Morgan fingerprint density at radius 2 is 1.52 bits per heavy atom. The minimum absolute atomic E-state index is 0.220. The van der Waals surface area contributed by atoms with E-state index in [1.165, 1.54) is 0 Å². The van der Waals surface area contributed by atoms with Gasteiger partial charge in [-0.1, -0.05) is 36.4 Å². The SMILES string of the molecule is Cn1cc(C2=C(c3c4n(c5ccccc35)C[C@@H]3CN(C(=O)OC(C)(C)C)C[C@H]3C4)C(=O)OC2=O)c2ccccc21. The van der Waals surface area contributed by atoms with Gasteiger partial charge in [-0.3, -0.25) is 0 Å². The zero-order valence-electron chi connectivity index (χ0n) is 23.1. The normalized spacial score (nSPS) is 20.9. The number of aryl methyl sites for hydroxylation is 1. The molecule has 2 aromatic carbocycles. The number of para-hydroxylation sites is 2. The van der Waals surface area contributed by atoms with Crippen molar-refractivity contribution in [3.05, 3.63) is 71.5 Å². The van der Waals surface area contributed by atoms with Gasteiger partial charge >= 0.3 is 18.0 Å². The quantitative estimate of drug-likeness (QED) is 0.260. The monoisotopic (exact) mass is 537 g/mol. The van der Waals surface area contributed by atoms with Crippen LogP contribution < -0.4 is 0 Å². The molecule has 0 spiro atoms. The molecular weight excluding hydrogens is 506 g/mol. The molecule has 4 aromatic rings. The van der Waals surface area contributed by atoms with Crippen LogP contribution in [0.15, 0.2) is 54.7 Å². The number of esters is 2. The maximum atomic E-state index is 13.5. The number of benzene rings is 2. The number of aromatic nitrogens is 2. The molecule has 40 heavy (non-hydrogen) atoms. The maximum Gasteiger partial charge on any atom is 0.410 e. The molecule has 1 saturated heterocycles. The Labute approximate surface area is 231 Å². The van der Waals surface area contributed by atoms with E-state index in [-0.39, 0.29) is 17.9 Å². The number of carbonyl (C=O) groups is 3. The van der Waals surface area contributed by atoms with Gasteiger partial charge < -0.3 is 23.5 Å². The van der Waals surface area contributed by atoms with E-state index in [9.17, 15) is 14.4 Å². The smallest absolute Gasteiger partial charge is 0.410 e. The van der Waals surface area contributed by atoms with Crippen LogP contribution in [0.3, 0.4) is 0 Å². The summed E-state index contributed by atoms with van der Waals surface area (Å²) < 4.78 is 15.2. The summed E-state index contributed by atoms with van der Waals surface area (Å²) in [7, 11) is 1.93. The van der Waals surface area contributed by atoms with Crippen molar-refractivity contribution in [1.82, 2.24) is 14.0 Å². The molecule has 0 unspecified atom stereocenters. The number of rotatable bonds is 2. The molecule has 0 bridgehead atoms. The Morgan fingerprint density at radius 1 is 0.875 bits per heavy atom. The van der Waals surface area contributed by atoms with Crippen LogP contribution in [0.25, 0.3) is 33.0 Å². The van der Waals surface area contributed by atoms with E-state index >= 15 is 0 Å². The fourth-order valence-corrected chi connectivity index (χ4v) is 6.79. The minimum atomic E-state index is -0.619. The third-order valence-electron chi connectivity index (χ3n) is 8.44. The molecule has 0 saturated carbocycles. The molecule has 8 heteroatoms. The summed E-state index contributed by atoms with van der Waals surface area (Å²) in [5.74, 6) is -0.743. The summed E-state index contributed by atoms with van der Waals surface area (Å²) in [5.41, 5.74) is 4.53. The van der Waals surface area contributed by atoms with Crippen LogP contribution in [0.5, 0.6) is 0 Å². The summed E-state index contributed by atoms with van der Waals surface area (Å²) >= 11 is 0. The van der Waals surface area contributed by atoms with Gasteiger partial charge in [-0.2, -0.15) is 0 Å². The average molecular weight is 538 g/mol. The second kappa shape index (κ2) is 8.58. The molecule has 0 radical (unpaired) electrons. The Morgan fingerprint density at radius 3 is 2.27 bits per heavy atom. The predicted molar refractivity (Wildman–Crippen MR) is 151 cm³/mol. The van der Waals surface area contributed by atoms with Gasteiger partial charge in [-0.25, -0.2) is 14.4 Å². The largest absolute Gasteiger partial charge is 0.444 e. The number of ether oxygens (including phenoxy) is 2. The van der Waals surface area contributed by atoms with Gasteiger partial charge in [0.15, 0.2) is 0 Å². The molecule has 3 aliphatic rings. The lowest BCUT2D eigenvalue weighted by Crippen LogP contribution is -2.35. The lowest BCUT2D eigenvalue weighted by Gasteiger charge is -2.27. The van der Waals surface area contributed by atoms with Crippen LogP contribution in [-0.2, 0) is 39.1 Å². The van der Waals surface area contributed by atoms with Crippen LogP contribution in [-0.4, -0.2) is 50.8 Å². The number of fused-ring (bicyclic) bond motifs is 5. The van der Waals surface area contributed by atoms with E-state index in [4.69, 9.17) is 9.47 Å². The third-order valence-corrected chi connectivity index (χ3v) is 8.44. The summed E-state index contributed by atoms with van der Waals surface area (Å²) in [6.07, 6.45) is 2.29. The molecule has 1 fully saturated rings. The van der Waals surface area contributed by atoms with Gasteiger partial charge in [0, 0.05) is 71.5 Å². The van der Waals surface area contributed by atoms with Crippen molar-refractivity contribution in [2.75, 3.05) is 13.1 Å². The fourth-order valence-electron chi connectivity index (χ4n) is 6.79. The van der Waals surface area contributed by atoms with Crippen LogP contribution >= 0.6 is 0 Å². The van der Waals surface area contributed by atoms with Gasteiger partial charge in [0.25, 0.3) is 0 Å². The zero-order chi connectivity index (χ0) is 27.9. The zero-order valence-corrected chi connectivity index (χ0v) is 23.1. The van der Waals surface area contributed by atoms with Crippen molar-refractivity contribution in [2.45, 2.75) is 39.3 Å². The molecule has 2 aromatic heterocycles. The maximum absolute atomic E-state index is 13.5. The molecule has 0 N–H and O–H groups in total. The first-order valence-electron chi connectivity index (χ1n) is 13.7. The highest BCUT2D eigenvalue weighted by Crippen LogP contribution is 2.46. The van der Waals surface area contributed by atoms with Crippen molar-refractivity contribution in [3.8, 4) is 0 Å². The first-order chi connectivity index (χ1) is 19.1. The third kappa shape index (κ3) is 3.69. The van der Waals surface area contributed by atoms with Crippen molar-refractivity contribution in [3.63, 3.8) is 0 Å². The number of likely N-dealkylation sites (tertiary alicyclic amines) is 1. The molecule has 3 aliphatic heterocycles. The predicted octanol–water partition coefficient (Wildman–Crippen LogP) is 5.17. The van der Waals surface area contributed by atoms with Gasteiger partial charge in [0.1, 0.15) is 5.60 Å². The summed E-state index contributed by atoms with van der Waals surface area (Å²) in [4.78, 5) is 41.4. The Hall–Kier alpha value is -4.33. The highest BCUT2D eigenvalue weighted by atomic mass is 16.6. The number of nitrogens with zero attached hydrogens (tertiary/aromatic N) is 3. The summed E-state index contributed by atoms with van der Waals surface area (Å²) in [6.45, 7) is 7.58. The van der Waals surface area contributed by atoms with E-state index < -0.39 is 17.5 Å². The molecule has 5 heterocycles.